The van der Waals surface area contributed by atoms with E-state index in [2.05, 4.69) is 4.90 Å². The predicted molar refractivity (Wildman–Crippen MR) is 146 cm³/mol. The van der Waals surface area contributed by atoms with Crippen molar-refractivity contribution < 1.29 is 33.3 Å². The Kier molecular flexibility index (Phi) is 7.21. The predicted octanol–water partition coefficient (Wildman–Crippen LogP) is 2.60. The van der Waals surface area contributed by atoms with Crippen molar-refractivity contribution in [3.05, 3.63) is 79.8 Å². The number of pyridine rings is 1. The van der Waals surface area contributed by atoms with Crippen molar-refractivity contribution in [2.45, 2.75) is 37.8 Å². The Morgan fingerprint density at radius 3 is 2.73 bits per heavy atom. The van der Waals surface area contributed by atoms with Crippen molar-refractivity contribution in [3.8, 4) is 23.0 Å². The van der Waals surface area contributed by atoms with Gasteiger partial charge in [0.1, 0.15) is 19.0 Å². The van der Waals surface area contributed by atoms with Crippen LogP contribution in [0.25, 0.3) is 0 Å². The molecular formula is C30H32N2O9. The van der Waals surface area contributed by atoms with Crippen LogP contribution < -0.4 is 25.2 Å². The molecule has 11 nitrogen and oxygen atoms in total. The zero-order valence-corrected chi connectivity index (χ0v) is 23.0. The molecule has 6 rings (SSSR count). The molecule has 3 aromatic rings. The van der Waals surface area contributed by atoms with Crippen molar-refractivity contribution in [1.82, 2.24) is 9.47 Å². The fraction of sp³-hybridized carbons (Fsp3) is 0.433. The van der Waals surface area contributed by atoms with E-state index in [0.29, 0.717) is 67.3 Å². The number of carbonyl (C=O) groups is 1. The van der Waals surface area contributed by atoms with E-state index in [1.807, 2.05) is 10.6 Å². The molecule has 2 bridgehead atoms. The Hall–Kier alpha value is -4.25. The average Bonchev–Trinajstić information content (AvgIpc) is 2.97. The Balaban J connectivity index is 1.34. The van der Waals surface area contributed by atoms with Crippen molar-refractivity contribution in [1.29, 1.82) is 0 Å². The molecule has 0 radical (unpaired) electrons. The molecule has 0 spiro atoms. The van der Waals surface area contributed by atoms with E-state index >= 15 is 0 Å². The van der Waals surface area contributed by atoms with Gasteiger partial charge in [-0.15, -0.1) is 0 Å². The van der Waals surface area contributed by atoms with Crippen molar-refractivity contribution in [2.24, 2.45) is 5.92 Å². The summed E-state index contributed by atoms with van der Waals surface area (Å²) >= 11 is 0. The number of benzene rings is 1. The molecule has 2 aromatic heterocycles. The molecule has 3 atom stereocenters. The van der Waals surface area contributed by atoms with E-state index in [9.17, 15) is 19.5 Å². The molecule has 0 aliphatic carbocycles. The summed E-state index contributed by atoms with van der Waals surface area (Å²) < 4.78 is 30.0. The summed E-state index contributed by atoms with van der Waals surface area (Å²) in [5.41, 5.74) is 0.973. The van der Waals surface area contributed by atoms with Gasteiger partial charge in [0.05, 0.1) is 33.1 Å². The minimum atomic E-state index is -0.862. The highest BCUT2D eigenvalue weighted by molar-refractivity contribution is 5.71. The lowest BCUT2D eigenvalue weighted by Gasteiger charge is -2.42. The lowest BCUT2D eigenvalue weighted by atomic mass is 9.83. The monoisotopic (exact) mass is 564 g/mol. The number of hydrogen-bond donors (Lipinski definition) is 1. The molecule has 1 fully saturated rings. The number of rotatable bonds is 7. The van der Waals surface area contributed by atoms with E-state index in [4.69, 9.17) is 23.4 Å². The second-order valence-electron chi connectivity index (χ2n) is 10.8. The van der Waals surface area contributed by atoms with Crippen LogP contribution in [0, 0.1) is 5.92 Å². The maximum absolute atomic E-state index is 13.0. The molecule has 41 heavy (non-hydrogen) atoms. The van der Waals surface area contributed by atoms with Gasteiger partial charge in [0.15, 0.2) is 17.3 Å². The number of carbonyl (C=O) groups excluding carboxylic acids is 1. The van der Waals surface area contributed by atoms with Crippen LogP contribution in [-0.4, -0.2) is 61.1 Å². The summed E-state index contributed by atoms with van der Waals surface area (Å²) in [5, 5.41) is 10.9. The number of ether oxygens (including phenoxy) is 4. The first kappa shape index (κ1) is 26.9. The van der Waals surface area contributed by atoms with Gasteiger partial charge in [0, 0.05) is 43.4 Å². The molecule has 3 aliphatic heterocycles. The molecular weight excluding hydrogens is 532 g/mol. The normalized spacial score (nSPS) is 20.1. The topological polar surface area (TPSA) is 130 Å². The summed E-state index contributed by atoms with van der Waals surface area (Å²) in [7, 11) is 2.77. The van der Waals surface area contributed by atoms with E-state index < -0.39 is 23.1 Å². The largest absolute Gasteiger partial charge is 0.502 e. The number of esters is 1. The first-order valence-electron chi connectivity index (χ1n) is 13.7. The van der Waals surface area contributed by atoms with Gasteiger partial charge in [-0.3, -0.25) is 19.3 Å². The number of nitrogens with zero attached hydrogens (tertiary/aromatic N) is 2. The highest BCUT2D eigenvalue weighted by Crippen LogP contribution is 2.45. The summed E-state index contributed by atoms with van der Waals surface area (Å²) in [6.07, 6.45) is 0.802. The van der Waals surface area contributed by atoms with Crippen LogP contribution in [0.1, 0.15) is 47.5 Å². The molecule has 3 aliphatic rings. The van der Waals surface area contributed by atoms with Crippen molar-refractivity contribution >= 4 is 5.97 Å². The third-order valence-electron chi connectivity index (χ3n) is 8.10. The third-order valence-corrected chi connectivity index (χ3v) is 8.10. The minimum Gasteiger partial charge on any atom is -0.502 e. The van der Waals surface area contributed by atoms with E-state index in [0.717, 1.165) is 18.7 Å². The van der Waals surface area contributed by atoms with Crippen LogP contribution in [0.2, 0.25) is 0 Å². The lowest BCUT2D eigenvalue weighted by molar-refractivity contribution is -0.140. The number of hydrogen-bond acceptors (Lipinski definition) is 10. The summed E-state index contributed by atoms with van der Waals surface area (Å²) in [5.74, 6) is 0.103. The van der Waals surface area contributed by atoms with E-state index in [-0.39, 0.29) is 23.7 Å². The Labute approximate surface area is 235 Å². The van der Waals surface area contributed by atoms with Gasteiger partial charge in [-0.25, -0.2) is 0 Å². The van der Waals surface area contributed by atoms with Gasteiger partial charge < -0.3 is 33.0 Å². The molecule has 11 heteroatoms. The van der Waals surface area contributed by atoms with Gasteiger partial charge in [-0.2, -0.15) is 0 Å². The summed E-state index contributed by atoms with van der Waals surface area (Å²) in [6.45, 7) is 3.13. The number of likely N-dealkylation sites (tertiary alicyclic amines) is 1. The summed E-state index contributed by atoms with van der Waals surface area (Å²) in [4.78, 5) is 40.1. The lowest BCUT2D eigenvalue weighted by Crippen LogP contribution is -2.46. The van der Waals surface area contributed by atoms with Gasteiger partial charge >= 0.3 is 5.97 Å². The minimum absolute atomic E-state index is 0.0206. The van der Waals surface area contributed by atoms with Crippen LogP contribution in [-0.2, 0) is 22.6 Å². The first-order chi connectivity index (χ1) is 19.8. The van der Waals surface area contributed by atoms with Crippen LogP contribution >= 0.6 is 0 Å². The average molecular weight is 565 g/mol. The maximum Gasteiger partial charge on any atom is 0.306 e. The highest BCUT2D eigenvalue weighted by Gasteiger charge is 2.35. The first-order valence-corrected chi connectivity index (χ1v) is 13.7. The second kappa shape index (κ2) is 11.0. The molecule has 0 unspecified atom stereocenters. The van der Waals surface area contributed by atoms with Gasteiger partial charge in [0.2, 0.25) is 16.9 Å². The number of aromatic hydroxyl groups is 1. The molecule has 0 amide bonds. The van der Waals surface area contributed by atoms with Gasteiger partial charge in [-0.1, -0.05) is 6.07 Å². The smallest absolute Gasteiger partial charge is 0.306 e. The van der Waals surface area contributed by atoms with E-state index in [1.54, 1.807) is 24.3 Å². The summed E-state index contributed by atoms with van der Waals surface area (Å²) in [6, 6.07) is 10.1. The van der Waals surface area contributed by atoms with E-state index in [1.165, 1.54) is 20.3 Å². The maximum atomic E-state index is 13.0. The zero-order chi connectivity index (χ0) is 28.7. The fourth-order valence-electron chi connectivity index (χ4n) is 6.32. The molecule has 5 heterocycles. The number of aromatic nitrogens is 1. The van der Waals surface area contributed by atoms with Crippen LogP contribution in [0.5, 0.6) is 23.0 Å². The SMILES string of the molecule is COC(=O)C[C@H](c1cc(OC)c2c(c1)OCCO2)c1oc(CN2C[C@@H]3C[C@H](C2)c2cccc(=O)n2C3)cc(=O)c1O. The Morgan fingerprint density at radius 2 is 1.93 bits per heavy atom. The standard InChI is InChI=1S/C30H32N2O9/c1-37-24-9-18(10-25-30(24)40-7-6-39-25)21(12-27(35)38-2)29-28(36)23(33)11-20(41-29)16-31-13-17-8-19(15-31)22-4-3-5-26(34)32(22)14-17/h3-5,9-11,17,19,21,36H,6-8,12-16H2,1-2H3/t17-,19+,21+/m0/s1. The number of piperidine rings is 1. The second-order valence-corrected chi connectivity index (χ2v) is 10.8. The molecule has 216 valence electrons. The number of methoxy groups -OCH3 is 2. The van der Waals surface area contributed by atoms with Crippen molar-refractivity contribution in [3.63, 3.8) is 0 Å². The van der Waals surface area contributed by atoms with Gasteiger partial charge in [0.25, 0.3) is 5.56 Å². The van der Waals surface area contributed by atoms with Crippen LogP contribution in [0.3, 0.4) is 0 Å². The van der Waals surface area contributed by atoms with Crippen molar-refractivity contribution in [2.75, 3.05) is 40.5 Å². The number of fused-ring (bicyclic) bond motifs is 5. The fourth-order valence-corrected chi connectivity index (χ4v) is 6.32. The highest BCUT2D eigenvalue weighted by atomic mass is 16.6. The zero-order valence-electron chi connectivity index (χ0n) is 23.0. The Morgan fingerprint density at radius 1 is 1.10 bits per heavy atom. The molecule has 1 N–H and O–H groups in total. The molecule has 1 saturated heterocycles. The van der Waals surface area contributed by atoms with Gasteiger partial charge in [-0.05, 0) is 36.1 Å². The Bertz CT molecular complexity index is 1580. The molecule has 1 aromatic carbocycles. The van der Waals surface area contributed by atoms with Crippen LogP contribution in [0.15, 0.2) is 50.4 Å². The molecule has 0 saturated carbocycles. The third kappa shape index (κ3) is 5.17. The quantitative estimate of drug-likeness (QED) is 0.428. The van der Waals surface area contributed by atoms with Crippen LogP contribution in [0.4, 0.5) is 0 Å².